The fourth-order valence-corrected chi connectivity index (χ4v) is 3.46. The SMILES string of the molecule is N#CC(C(=O)/C=C/c1ccc(N2CCCC2=O)cc1)C(=O)Nc1ccc(Cl)cc1Cl. The van der Waals surface area contributed by atoms with Gasteiger partial charge < -0.3 is 10.2 Å². The van der Waals surface area contributed by atoms with E-state index in [2.05, 4.69) is 5.32 Å². The summed E-state index contributed by atoms with van der Waals surface area (Å²) < 4.78 is 0. The zero-order valence-electron chi connectivity index (χ0n) is 15.8. The number of nitrogens with one attached hydrogen (secondary N) is 1. The first-order chi connectivity index (χ1) is 14.4. The smallest absolute Gasteiger partial charge is 0.249 e. The average molecular weight is 442 g/mol. The van der Waals surface area contributed by atoms with Crippen LogP contribution in [0, 0.1) is 17.2 Å². The van der Waals surface area contributed by atoms with E-state index >= 15 is 0 Å². The predicted molar refractivity (Wildman–Crippen MR) is 116 cm³/mol. The maximum absolute atomic E-state index is 12.4. The molecular weight excluding hydrogens is 425 g/mol. The number of nitriles is 1. The van der Waals surface area contributed by atoms with Crippen LogP contribution in [0.1, 0.15) is 18.4 Å². The quantitative estimate of drug-likeness (QED) is 0.528. The Hall–Kier alpha value is -3.14. The summed E-state index contributed by atoms with van der Waals surface area (Å²) in [6.07, 6.45) is 4.10. The highest BCUT2D eigenvalue weighted by atomic mass is 35.5. The van der Waals surface area contributed by atoms with Gasteiger partial charge in [0.25, 0.3) is 0 Å². The summed E-state index contributed by atoms with van der Waals surface area (Å²) >= 11 is 11.8. The highest BCUT2D eigenvalue weighted by molar-refractivity contribution is 6.36. The van der Waals surface area contributed by atoms with Crippen LogP contribution in [-0.4, -0.2) is 24.1 Å². The number of allylic oxidation sites excluding steroid dienone is 1. The summed E-state index contributed by atoms with van der Waals surface area (Å²) in [5.74, 6) is -2.86. The number of ketones is 1. The molecule has 0 saturated carbocycles. The number of hydrogen-bond acceptors (Lipinski definition) is 4. The highest BCUT2D eigenvalue weighted by Gasteiger charge is 2.25. The van der Waals surface area contributed by atoms with Crippen molar-refractivity contribution in [3.05, 3.63) is 64.1 Å². The van der Waals surface area contributed by atoms with E-state index in [9.17, 15) is 19.6 Å². The largest absolute Gasteiger partial charge is 0.323 e. The average Bonchev–Trinajstić information content (AvgIpc) is 3.15. The zero-order valence-corrected chi connectivity index (χ0v) is 17.3. The lowest BCUT2D eigenvalue weighted by atomic mass is 10.0. The van der Waals surface area contributed by atoms with Gasteiger partial charge in [-0.05, 0) is 48.4 Å². The van der Waals surface area contributed by atoms with Crippen LogP contribution < -0.4 is 10.2 Å². The van der Waals surface area contributed by atoms with Crippen molar-refractivity contribution in [2.75, 3.05) is 16.8 Å². The Morgan fingerprint density at radius 1 is 1.17 bits per heavy atom. The zero-order chi connectivity index (χ0) is 21.7. The van der Waals surface area contributed by atoms with Crippen LogP contribution >= 0.6 is 23.2 Å². The van der Waals surface area contributed by atoms with Gasteiger partial charge in [-0.1, -0.05) is 41.4 Å². The van der Waals surface area contributed by atoms with Crippen LogP contribution in [-0.2, 0) is 14.4 Å². The molecule has 6 nitrogen and oxygen atoms in total. The van der Waals surface area contributed by atoms with E-state index < -0.39 is 17.6 Å². The lowest BCUT2D eigenvalue weighted by molar-refractivity contribution is -0.126. The molecule has 1 aliphatic heterocycles. The highest BCUT2D eigenvalue weighted by Crippen LogP contribution is 2.26. The molecule has 0 aromatic heterocycles. The van der Waals surface area contributed by atoms with E-state index in [1.807, 2.05) is 0 Å². The van der Waals surface area contributed by atoms with Gasteiger partial charge in [0.05, 0.1) is 16.8 Å². The van der Waals surface area contributed by atoms with Crippen molar-refractivity contribution in [2.45, 2.75) is 12.8 Å². The summed E-state index contributed by atoms with van der Waals surface area (Å²) in [7, 11) is 0. The number of carbonyl (C=O) groups is 3. The molecule has 3 rings (SSSR count). The Labute approximate surface area is 183 Å². The first-order valence-electron chi connectivity index (χ1n) is 9.17. The first kappa shape index (κ1) is 21.6. The van der Waals surface area contributed by atoms with Gasteiger partial charge in [0.2, 0.25) is 11.8 Å². The van der Waals surface area contributed by atoms with E-state index in [0.717, 1.165) is 12.1 Å². The second-order valence-corrected chi connectivity index (χ2v) is 7.50. The lowest BCUT2D eigenvalue weighted by Crippen LogP contribution is -2.27. The van der Waals surface area contributed by atoms with Gasteiger partial charge in [0.1, 0.15) is 0 Å². The predicted octanol–water partition coefficient (Wildman–Crippen LogP) is 4.48. The maximum Gasteiger partial charge on any atom is 0.249 e. The number of halogens is 2. The molecule has 0 radical (unpaired) electrons. The van der Waals surface area contributed by atoms with Gasteiger partial charge in [-0.25, -0.2) is 0 Å². The first-order valence-corrected chi connectivity index (χ1v) is 9.92. The van der Waals surface area contributed by atoms with Crippen molar-refractivity contribution < 1.29 is 14.4 Å². The number of benzene rings is 2. The third-order valence-electron chi connectivity index (χ3n) is 4.58. The molecule has 0 aliphatic carbocycles. The summed E-state index contributed by atoms with van der Waals surface area (Å²) in [6.45, 7) is 0.698. The molecule has 1 atom stereocenters. The molecule has 1 heterocycles. The summed E-state index contributed by atoms with van der Waals surface area (Å²) in [4.78, 5) is 38.2. The molecular formula is C22H17Cl2N3O3. The number of hydrogen-bond donors (Lipinski definition) is 1. The van der Waals surface area contributed by atoms with E-state index in [1.165, 1.54) is 30.4 Å². The van der Waals surface area contributed by atoms with E-state index in [0.29, 0.717) is 23.6 Å². The van der Waals surface area contributed by atoms with E-state index in [-0.39, 0.29) is 16.6 Å². The molecule has 152 valence electrons. The number of amides is 2. The van der Waals surface area contributed by atoms with Crippen molar-refractivity contribution in [1.29, 1.82) is 5.26 Å². The summed E-state index contributed by atoms with van der Waals surface area (Å²) in [5.41, 5.74) is 1.77. The minimum absolute atomic E-state index is 0.0946. The number of anilines is 2. The van der Waals surface area contributed by atoms with Gasteiger partial charge in [-0.2, -0.15) is 5.26 Å². The number of rotatable bonds is 6. The van der Waals surface area contributed by atoms with Crippen LogP contribution in [0.5, 0.6) is 0 Å². The topological polar surface area (TPSA) is 90.3 Å². The maximum atomic E-state index is 12.4. The fourth-order valence-electron chi connectivity index (χ4n) is 3.01. The van der Waals surface area contributed by atoms with Crippen LogP contribution in [0.2, 0.25) is 10.0 Å². The molecule has 2 aromatic carbocycles. The lowest BCUT2D eigenvalue weighted by Gasteiger charge is -2.15. The third-order valence-corrected chi connectivity index (χ3v) is 5.13. The van der Waals surface area contributed by atoms with Gasteiger partial charge >= 0.3 is 0 Å². The van der Waals surface area contributed by atoms with Crippen molar-refractivity contribution >= 4 is 58.3 Å². The molecule has 1 fully saturated rings. The fraction of sp³-hybridized carbons (Fsp3) is 0.182. The second kappa shape index (κ2) is 9.57. The molecule has 0 spiro atoms. The van der Waals surface area contributed by atoms with Gasteiger partial charge in [0, 0.05) is 23.7 Å². The molecule has 1 saturated heterocycles. The van der Waals surface area contributed by atoms with Gasteiger partial charge in [0.15, 0.2) is 11.7 Å². The van der Waals surface area contributed by atoms with Crippen molar-refractivity contribution in [1.82, 2.24) is 0 Å². The van der Waals surface area contributed by atoms with Crippen molar-refractivity contribution in [3.63, 3.8) is 0 Å². The van der Waals surface area contributed by atoms with Crippen LogP contribution in [0.25, 0.3) is 6.08 Å². The Morgan fingerprint density at radius 2 is 1.90 bits per heavy atom. The molecule has 0 bridgehead atoms. The molecule has 1 aliphatic rings. The Kier molecular flexibility index (Phi) is 6.88. The summed E-state index contributed by atoms with van der Waals surface area (Å²) in [6, 6.07) is 13.3. The van der Waals surface area contributed by atoms with Crippen LogP contribution in [0.4, 0.5) is 11.4 Å². The molecule has 1 unspecified atom stereocenters. The normalized spacial score (nSPS) is 14.6. The van der Waals surface area contributed by atoms with Crippen molar-refractivity contribution in [3.8, 4) is 6.07 Å². The molecule has 8 heteroatoms. The summed E-state index contributed by atoms with van der Waals surface area (Å²) in [5, 5.41) is 12.3. The van der Waals surface area contributed by atoms with E-state index in [4.69, 9.17) is 23.2 Å². The Balaban J connectivity index is 1.65. The van der Waals surface area contributed by atoms with Crippen LogP contribution in [0.3, 0.4) is 0 Å². The second-order valence-electron chi connectivity index (χ2n) is 6.65. The number of nitrogens with zero attached hydrogens (tertiary/aromatic N) is 2. The molecule has 2 aromatic rings. The monoisotopic (exact) mass is 441 g/mol. The Morgan fingerprint density at radius 3 is 2.50 bits per heavy atom. The van der Waals surface area contributed by atoms with Crippen molar-refractivity contribution in [2.24, 2.45) is 5.92 Å². The third kappa shape index (κ3) is 5.07. The minimum Gasteiger partial charge on any atom is -0.323 e. The number of carbonyl (C=O) groups excluding carboxylic acids is 3. The van der Waals surface area contributed by atoms with Gasteiger partial charge in [-0.3, -0.25) is 14.4 Å². The van der Waals surface area contributed by atoms with Gasteiger partial charge in [-0.15, -0.1) is 0 Å². The molecule has 2 amide bonds. The Bertz CT molecular complexity index is 1060. The minimum atomic E-state index is -1.52. The molecule has 30 heavy (non-hydrogen) atoms. The van der Waals surface area contributed by atoms with E-state index in [1.54, 1.807) is 35.2 Å². The van der Waals surface area contributed by atoms with Crippen LogP contribution in [0.15, 0.2) is 48.5 Å². The molecule has 1 N–H and O–H groups in total. The standard InChI is InChI=1S/C22H17Cl2N3O3/c23-15-6-9-19(18(24)12-15)26-22(30)17(13-25)20(28)10-5-14-3-7-16(8-4-14)27-11-1-2-21(27)29/h3-10,12,17H,1-2,11H2,(H,26,30)/b10-5+.